The highest BCUT2D eigenvalue weighted by Crippen LogP contribution is 2.29. The van der Waals surface area contributed by atoms with Gasteiger partial charge in [0.2, 0.25) is 0 Å². The summed E-state index contributed by atoms with van der Waals surface area (Å²) in [5.41, 5.74) is 5.83. The first-order valence-electron chi connectivity index (χ1n) is 6.95. The summed E-state index contributed by atoms with van der Waals surface area (Å²) < 4.78 is 0.516. The van der Waals surface area contributed by atoms with Crippen molar-refractivity contribution in [3.63, 3.8) is 0 Å². The van der Waals surface area contributed by atoms with Crippen LogP contribution >= 0.6 is 24.0 Å². The van der Waals surface area contributed by atoms with Crippen molar-refractivity contribution < 1.29 is 4.79 Å². The van der Waals surface area contributed by atoms with E-state index in [1.54, 1.807) is 0 Å². The molecule has 1 fully saturated rings. The number of amides is 1. The largest absolute Gasteiger partial charge is 0.307 e. The van der Waals surface area contributed by atoms with Crippen LogP contribution in [0.1, 0.15) is 16.7 Å². The topological polar surface area (TPSA) is 29.1 Å². The van der Waals surface area contributed by atoms with Crippen molar-refractivity contribution >= 4 is 40.3 Å². The standard InChI is InChI=1S/C18H15NOS2/c1-11-4-3-5-14(8-11)15-9-13(7-6-12(15)2)10-16-17(20)19-18(21)22-16/h3-10H,1-2H3,(H,19,20,21)/b16-10-. The highest BCUT2D eigenvalue weighted by atomic mass is 32.2. The lowest BCUT2D eigenvalue weighted by molar-refractivity contribution is -0.115. The fourth-order valence-electron chi connectivity index (χ4n) is 2.43. The average Bonchev–Trinajstić information content (AvgIpc) is 2.79. The zero-order valence-corrected chi connectivity index (χ0v) is 14.0. The Morgan fingerprint density at radius 3 is 2.64 bits per heavy atom. The molecule has 2 aromatic carbocycles. The number of thioether (sulfide) groups is 1. The summed E-state index contributed by atoms with van der Waals surface area (Å²) in [6, 6.07) is 14.7. The summed E-state index contributed by atoms with van der Waals surface area (Å²) in [4.78, 5) is 12.4. The molecule has 1 aliphatic rings. The predicted molar refractivity (Wildman–Crippen MR) is 97.7 cm³/mol. The molecule has 0 radical (unpaired) electrons. The van der Waals surface area contributed by atoms with Gasteiger partial charge in [-0.2, -0.15) is 0 Å². The molecule has 0 saturated carbocycles. The molecule has 0 bridgehead atoms. The molecule has 1 N–H and O–H groups in total. The quantitative estimate of drug-likeness (QED) is 0.653. The Balaban J connectivity index is 2.02. The van der Waals surface area contributed by atoms with Crippen LogP contribution in [0.5, 0.6) is 0 Å². The van der Waals surface area contributed by atoms with Gasteiger partial charge in [0.1, 0.15) is 4.32 Å². The maximum atomic E-state index is 11.8. The second-order valence-electron chi connectivity index (χ2n) is 5.30. The lowest BCUT2D eigenvalue weighted by atomic mass is 9.97. The Kier molecular flexibility index (Phi) is 4.14. The molecule has 0 unspecified atom stereocenters. The molecule has 2 nitrogen and oxygen atoms in total. The highest BCUT2D eigenvalue weighted by Gasteiger charge is 2.21. The van der Waals surface area contributed by atoms with Crippen molar-refractivity contribution in [2.24, 2.45) is 0 Å². The molecule has 1 heterocycles. The number of benzene rings is 2. The molecule has 1 amide bonds. The molecule has 0 atom stereocenters. The zero-order valence-electron chi connectivity index (χ0n) is 12.3. The van der Waals surface area contributed by atoms with E-state index in [1.807, 2.05) is 12.1 Å². The van der Waals surface area contributed by atoms with Crippen molar-refractivity contribution in [2.45, 2.75) is 13.8 Å². The van der Waals surface area contributed by atoms with Gasteiger partial charge in [0.25, 0.3) is 5.91 Å². The molecule has 0 aromatic heterocycles. The minimum atomic E-state index is -0.118. The Bertz CT molecular complexity index is 808. The van der Waals surface area contributed by atoms with Crippen molar-refractivity contribution in [3.8, 4) is 11.1 Å². The molecule has 0 aliphatic carbocycles. The van der Waals surface area contributed by atoms with Crippen molar-refractivity contribution in [1.82, 2.24) is 5.32 Å². The van der Waals surface area contributed by atoms with E-state index in [2.05, 4.69) is 55.6 Å². The summed E-state index contributed by atoms with van der Waals surface area (Å²) in [5, 5.41) is 2.64. The molecular formula is C18H15NOS2. The number of rotatable bonds is 2. The van der Waals surface area contributed by atoms with E-state index in [4.69, 9.17) is 12.2 Å². The van der Waals surface area contributed by atoms with E-state index >= 15 is 0 Å². The minimum absolute atomic E-state index is 0.118. The predicted octanol–water partition coefficient (Wildman–Crippen LogP) is 4.46. The fraction of sp³-hybridized carbons (Fsp3) is 0.111. The third-order valence-electron chi connectivity index (χ3n) is 3.53. The maximum absolute atomic E-state index is 11.8. The van der Waals surface area contributed by atoms with Gasteiger partial charge in [-0.1, -0.05) is 65.9 Å². The first kappa shape index (κ1) is 15.0. The third kappa shape index (κ3) is 3.13. The lowest BCUT2D eigenvalue weighted by Crippen LogP contribution is -2.17. The van der Waals surface area contributed by atoms with Crippen LogP contribution in [0.15, 0.2) is 47.4 Å². The van der Waals surface area contributed by atoms with E-state index in [0.717, 1.165) is 5.56 Å². The van der Waals surface area contributed by atoms with Gasteiger partial charge in [0, 0.05) is 0 Å². The van der Waals surface area contributed by atoms with Crippen molar-refractivity contribution in [2.75, 3.05) is 0 Å². The molecule has 1 saturated heterocycles. The third-order valence-corrected chi connectivity index (χ3v) is 4.69. The summed E-state index contributed by atoms with van der Waals surface area (Å²) in [6.07, 6.45) is 1.89. The number of hydrogen-bond donors (Lipinski definition) is 1. The van der Waals surface area contributed by atoms with E-state index in [9.17, 15) is 4.79 Å². The normalized spacial score (nSPS) is 16.2. The summed E-state index contributed by atoms with van der Waals surface area (Å²) >= 11 is 6.33. The first-order valence-corrected chi connectivity index (χ1v) is 8.18. The summed E-state index contributed by atoms with van der Waals surface area (Å²) in [6.45, 7) is 4.19. The van der Waals surface area contributed by atoms with Crippen LogP contribution in [0.3, 0.4) is 0 Å². The SMILES string of the molecule is Cc1cccc(-c2cc(/C=C3\SC(=S)NC3=O)ccc2C)c1. The van der Waals surface area contributed by atoms with Crippen LogP contribution in [0.2, 0.25) is 0 Å². The van der Waals surface area contributed by atoms with E-state index in [-0.39, 0.29) is 5.91 Å². The van der Waals surface area contributed by atoms with E-state index in [1.165, 1.54) is 34.0 Å². The Labute approximate surface area is 139 Å². The van der Waals surface area contributed by atoms with Gasteiger partial charge in [-0.3, -0.25) is 4.79 Å². The maximum Gasteiger partial charge on any atom is 0.263 e. The molecule has 110 valence electrons. The van der Waals surface area contributed by atoms with Gasteiger partial charge in [-0.25, -0.2) is 0 Å². The first-order chi connectivity index (χ1) is 10.5. The van der Waals surface area contributed by atoms with Gasteiger partial charge in [-0.05, 0) is 48.2 Å². The zero-order chi connectivity index (χ0) is 15.7. The minimum Gasteiger partial charge on any atom is -0.307 e. The number of hydrogen-bond acceptors (Lipinski definition) is 3. The van der Waals surface area contributed by atoms with E-state index < -0.39 is 0 Å². The number of aryl methyl sites for hydroxylation is 2. The lowest BCUT2D eigenvalue weighted by Gasteiger charge is -2.08. The van der Waals surface area contributed by atoms with Crippen LogP contribution in [0, 0.1) is 13.8 Å². The second kappa shape index (κ2) is 6.07. The Hall–Kier alpha value is -1.91. The average molecular weight is 325 g/mol. The number of nitrogens with one attached hydrogen (secondary N) is 1. The molecular weight excluding hydrogens is 310 g/mol. The summed E-state index contributed by atoms with van der Waals surface area (Å²) in [7, 11) is 0. The monoisotopic (exact) mass is 325 g/mol. The molecule has 22 heavy (non-hydrogen) atoms. The van der Waals surface area contributed by atoms with Gasteiger partial charge < -0.3 is 5.32 Å². The fourth-order valence-corrected chi connectivity index (χ4v) is 3.47. The molecule has 1 aliphatic heterocycles. The number of carbonyl (C=O) groups excluding carboxylic acids is 1. The van der Waals surface area contributed by atoms with Crippen LogP contribution in [0.25, 0.3) is 17.2 Å². The highest BCUT2D eigenvalue weighted by molar-refractivity contribution is 8.26. The molecule has 3 rings (SSSR count). The van der Waals surface area contributed by atoms with Crippen LogP contribution in [-0.4, -0.2) is 10.2 Å². The number of thiocarbonyl (C=S) groups is 1. The van der Waals surface area contributed by atoms with Crippen molar-refractivity contribution in [3.05, 3.63) is 64.1 Å². The Morgan fingerprint density at radius 2 is 1.95 bits per heavy atom. The Morgan fingerprint density at radius 1 is 1.14 bits per heavy atom. The van der Waals surface area contributed by atoms with Gasteiger partial charge in [0.05, 0.1) is 4.91 Å². The smallest absolute Gasteiger partial charge is 0.263 e. The van der Waals surface area contributed by atoms with Crippen LogP contribution < -0.4 is 5.32 Å². The molecule has 2 aromatic rings. The van der Waals surface area contributed by atoms with E-state index in [0.29, 0.717) is 9.23 Å². The van der Waals surface area contributed by atoms with Crippen LogP contribution in [-0.2, 0) is 4.79 Å². The van der Waals surface area contributed by atoms with Gasteiger partial charge in [-0.15, -0.1) is 0 Å². The van der Waals surface area contributed by atoms with Crippen molar-refractivity contribution in [1.29, 1.82) is 0 Å². The molecule has 4 heteroatoms. The van der Waals surface area contributed by atoms with Crippen LogP contribution in [0.4, 0.5) is 0 Å². The van der Waals surface area contributed by atoms with Gasteiger partial charge >= 0.3 is 0 Å². The molecule has 0 spiro atoms. The summed E-state index contributed by atoms with van der Waals surface area (Å²) in [5.74, 6) is -0.118. The van der Waals surface area contributed by atoms with Gasteiger partial charge in [0.15, 0.2) is 0 Å². The second-order valence-corrected chi connectivity index (χ2v) is 7.01. The number of carbonyl (C=O) groups is 1.